The number of nitrogens with zero attached hydrogens (tertiary/aromatic N) is 3. The van der Waals surface area contributed by atoms with Crippen molar-refractivity contribution in [1.82, 2.24) is 19.9 Å². The van der Waals surface area contributed by atoms with E-state index in [2.05, 4.69) is 51.4 Å². The van der Waals surface area contributed by atoms with Crippen LogP contribution in [-0.2, 0) is 17.6 Å². The summed E-state index contributed by atoms with van der Waals surface area (Å²) in [4.78, 5) is 29.1. The largest absolute Gasteiger partial charge is 0.348 e. The van der Waals surface area contributed by atoms with Crippen molar-refractivity contribution in [2.45, 2.75) is 18.9 Å². The van der Waals surface area contributed by atoms with E-state index in [1.807, 2.05) is 23.1 Å². The van der Waals surface area contributed by atoms with Crippen LogP contribution in [0.1, 0.15) is 27.3 Å². The Morgan fingerprint density at radius 3 is 2.80 bits per heavy atom. The highest BCUT2D eigenvalue weighted by atomic mass is 32.1. The van der Waals surface area contributed by atoms with Crippen LogP contribution < -0.4 is 0 Å². The molecule has 2 aromatic carbocycles. The fourth-order valence-electron chi connectivity index (χ4n) is 4.20. The number of carbonyl (C=O) groups excluding carboxylic acids is 1. The lowest BCUT2D eigenvalue weighted by atomic mass is 10.0. The molecule has 5 aromatic rings. The van der Waals surface area contributed by atoms with Gasteiger partial charge in [0.25, 0.3) is 0 Å². The molecule has 1 atom stereocenters. The number of H-pyrrole nitrogens is 1. The van der Waals surface area contributed by atoms with E-state index in [0.29, 0.717) is 13.0 Å². The predicted octanol–water partition coefficient (Wildman–Crippen LogP) is 4.95. The number of imidazole rings is 1. The van der Waals surface area contributed by atoms with E-state index in [1.54, 1.807) is 29.0 Å². The van der Waals surface area contributed by atoms with Gasteiger partial charge in [0.05, 0.1) is 28.7 Å². The van der Waals surface area contributed by atoms with Crippen LogP contribution in [0.3, 0.4) is 0 Å². The summed E-state index contributed by atoms with van der Waals surface area (Å²) in [6.07, 6.45) is 2.86. The van der Waals surface area contributed by atoms with Crippen LogP contribution in [0.25, 0.3) is 20.3 Å². The van der Waals surface area contributed by atoms with Crippen molar-refractivity contribution in [2.75, 3.05) is 6.54 Å². The number of aromatic amines is 1. The van der Waals surface area contributed by atoms with E-state index in [4.69, 9.17) is 0 Å². The summed E-state index contributed by atoms with van der Waals surface area (Å²) in [5.41, 5.74) is 3.05. The highest BCUT2D eigenvalue weighted by molar-refractivity contribution is 7.19. The first-order valence-corrected chi connectivity index (χ1v) is 11.5. The van der Waals surface area contributed by atoms with Crippen molar-refractivity contribution in [3.05, 3.63) is 82.2 Å². The summed E-state index contributed by atoms with van der Waals surface area (Å²) >= 11 is 3.34. The first kappa shape index (κ1) is 17.8. The Bertz CT molecular complexity index is 1320. The SMILES string of the molecule is O=C(Cc1nc2ccccc2s1)N1CCc2[nH]cnc2[C@H]1c1cc2ccccc2s1. The number of carbonyl (C=O) groups is 1. The Balaban J connectivity index is 1.37. The minimum Gasteiger partial charge on any atom is -0.348 e. The number of hydrogen-bond acceptors (Lipinski definition) is 5. The molecule has 7 heteroatoms. The molecule has 0 unspecified atom stereocenters. The number of nitrogens with one attached hydrogen (secondary N) is 1. The molecule has 4 heterocycles. The van der Waals surface area contributed by atoms with Crippen LogP contribution in [0.4, 0.5) is 0 Å². The van der Waals surface area contributed by atoms with Crippen molar-refractivity contribution < 1.29 is 4.79 Å². The quantitative estimate of drug-likeness (QED) is 0.440. The molecule has 5 nitrogen and oxygen atoms in total. The van der Waals surface area contributed by atoms with Gasteiger partial charge in [-0.15, -0.1) is 22.7 Å². The number of rotatable bonds is 3. The van der Waals surface area contributed by atoms with Gasteiger partial charge in [0.1, 0.15) is 11.0 Å². The van der Waals surface area contributed by atoms with E-state index >= 15 is 0 Å². The summed E-state index contributed by atoms with van der Waals surface area (Å²) in [5, 5.41) is 2.07. The van der Waals surface area contributed by atoms with E-state index in [0.717, 1.165) is 37.9 Å². The lowest BCUT2D eigenvalue weighted by Gasteiger charge is -2.34. The molecule has 6 rings (SSSR count). The smallest absolute Gasteiger partial charge is 0.230 e. The molecule has 0 aliphatic carbocycles. The van der Waals surface area contributed by atoms with Gasteiger partial charge in [-0.25, -0.2) is 9.97 Å². The molecule has 1 amide bonds. The maximum absolute atomic E-state index is 13.4. The number of amides is 1. The summed E-state index contributed by atoms with van der Waals surface area (Å²) in [7, 11) is 0. The Morgan fingerprint density at radius 2 is 1.93 bits per heavy atom. The van der Waals surface area contributed by atoms with Crippen molar-refractivity contribution in [3.63, 3.8) is 0 Å². The number of benzene rings is 2. The van der Waals surface area contributed by atoms with E-state index in [-0.39, 0.29) is 11.9 Å². The fraction of sp³-hybridized carbons (Fsp3) is 0.174. The molecule has 3 aromatic heterocycles. The van der Waals surface area contributed by atoms with Gasteiger partial charge in [0.2, 0.25) is 5.91 Å². The van der Waals surface area contributed by atoms with Gasteiger partial charge < -0.3 is 9.88 Å². The van der Waals surface area contributed by atoms with Crippen LogP contribution in [0.15, 0.2) is 60.9 Å². The molecule has 1 aliphatic rings. The zero-order chi connectivity index (χ0) is 20.1. The molecule has 0 spiro atoms. The summed E-state index contributed by atoms with van der Waals surface area (Å²) < 4.78 is 2.35. The van der Waals surface area contributed by atoms with Crippen LogP contribution >= 0.6 is 22.7 Å². The third kappa shape index (κ3) is 2.93. The van der Waals surface area contributed by atoms with E-state index in [1.165, 1.54) is 10.1 Å². The number of para-hydroxylation sites is 1. The first-order chi connectivity index (χ1) is 14.8. The number of fused-ring (bicyclic) bond motifs is 3. The maximum atomic E-state index is 13.4. The Hall–Kier alpha value is -3.03. The van der Waals surface area contributed by atoms with E-state index in [9.17, 15) is 4.79 Å². The number of thiophene rings is 1. The molecule has 30 heavy (non-hydrogen) atoms. The second kappa shape index (κ2) is 7.04. The second-order valence-corrected chi connectivity index (χ2v) is 9.68. The van der Waals surface area contributed by atoms with Crippen LogP contribution in [0.2, 0.25) is 0 Å². The molecule has 1 aliphatic heterocycles. The highest BCUT2D eigenvalue weighted by Crippen LogP contribution is 2.39. The van der Waals surface area contributed by atoms with Gasteiger partial charge in [-0.3, -0.25) is 4.79 Å². The number of thiazole rings is 1. The average Bonchev–Trinajstić information content (AvgIpc) is 3.49. The van der Waals surface area contributed by atoms with Gasteiger partial charge in [-0.05, 0) is 29.7 Å². The van der Waals surface area contributed by atoms with Crippen molar-refractivity contribution >= 4 is 48.9 Å². The molecule has 0 bridgehead atoms. The molecule has 0 fully saturated rings. The molecule has 148 valence electrons. The summed E-state index contributed by atoms with van der Waals surface area (Å²) in [5.74, 6) is 0.102. The monoisotopic (exact) mass is 430 g/mol. The summed E-state index contributed by atoms with van der Waals surface area (Å²) in [6, 6.07) is 18.4. The maximum Gasteiger partial charge on any atom is 0.230 e. The van der Waals surface area contributed by atoms with Crippen LogP contribution in [0, 0.1) is 0 Å². The zero-order valence-corrected chi connectivity index (χ0v) is 17.7. The van der Waals surface area contributed by atoms with Gasteiger partial charge in [-0.2, -0.15) is 0 Å². The minimum absolute atomic E-state index is 0.102. The van der Waals surface area contributed by atoms with Gasteiger partial charge in [0, 0.05) is 28.2 Å². The highest BCUT2D eigenvalue weighted by Gasteiger charge is 2.35. The predicted molar refractivity (Wildman–Crippen MR) is 121 cm³/mol. The second-order valence-electron chi connectivity index (χ2n) is 7.44. The van der Waals surface area contributed by atoms with Crippen molar-refractivity contribution in [1.29, 1.82) is 0 Å². The molecule has 0 saturated carbocycles. The van der Waals surface area contributed by atoms with Gasteiger partial charge in [-0.1, -0.05) is 30.3 Å². The number of aromatic nitrogens is 3. The zero-order valence-electron chi connectivity index (χ0n) is 16.0. The van der Waals surface area contributed by atoms with Crippen molar-refractivity contribution in [3.8, 4) is 0 Å². The molecular formula is C23H18N4OS2. The van der Waals surface area contributed by atoms with Crippen molar-refractivity contribution in [2.24, 2.45) is 0 Å². The minimum atomic E-state index is -0.153. The van der Waals surface area contributed by atoms with Gasteiger partial charge >= 0.3 is 0 Å². The third-order valence-corrected chi connectivity index (χ3v) is 7.80. The van der Waals surface area contributed by atoms with Crippen LogP contribution in [-0.4, -0.2) is 32.3 Å². The fourth-order valence-corrected chi connectivity index (χ4v) is 6.34. The normalized spacial score (nSPS) is 16.3. The summed E-state index contributed by atoms with van der Waals surface area (Å²) in [6.45, 7) is 0.678. The average molecular weight is 431 g/mol. The molecule has 0 saturated heterocycles. The lowest BCUT2D eigenvalue weighted by molar-refractivity contribution is -0.132. The number of hydrogen-bond donors (Lipinski definition) is 1. The Kier molecular flexibility index (Phi) is 4.17. The van der Waals surface area contributed by atoms with Gasteiger partial charge in [0.15, 0.2) is 0 Å². The Labute approximate surface area is 181 Å². The Morgan fingerprint density at radius 1 is 1.10 bits per heavy atom. The first-order valence-electron chi connectivity index (χ1n) is 9.91. The standard InChI is InChI=1S/C23H18N4OS2/c28-21(12-20-26-15-6-2-4-8-18(15)30-20)27-10-9-16-22(25-13-24-16)23(27)19-11-14-5-1-3-7-17(14)29-19/h1-8,11,13,23H,9-10,12H2,(H,24,25)/t23-/m1/s1. The molecule has 0 radical (unpaired) electrons. The molecular weight excluding hydrogens is 412 g/mol. The third-order valence-electron chi connectivity index (χ3n) is 5.60. The van der Waals surface area contributed by atoms with E-state index < -0.39 is 0 Å². The topological polar surface area (TPSA) is 61.9 Å². The lowest BCUT2D eigenvalue weighted by Crippen LogP contribution is -2.41. The molecule has 1 N–H and O–H groups in total. The van der Waals surface area contributed by atoms with Crippen LogP contribution in [0.5, 0.6) is 0 Å².